The molecule has 1 heterocycles. The van der Waals surface area contributed by atoms with Crippen molar-refractivity contribution in [3.8, 4) is 0 Å². The lowest BCUT2D eigenvalue weighted by Gasteiger charge is -2.39. The lowest BCUT2D eigenvalue weighted by atomic mass is 10.0. The Morgan fingerprint density at radius 3 is 2.60 bits per heavy atom. The molecule has 6 nitrogen and oxygen atoms in total. The molecule has 1 aromatic rings. The minimum absolute atomic E-state index is 0.206. The third-order valence-electron chi connectivity index (χ3n) is 3.33. The Bertz CT molecular complexity index is 477. The van der Waals surface area contributed by atoms with Gasteiger partial charge in [-0.3, -0.25) is 14.5 Å². The van der Waals surface area contributed by atoms with Crippen molar-refractivity contribution in [3.05, 3.63) is 35.9 Å². The van der Waals surface area contributed by atoms with Gasteiger partial charge in [0.1, 0.15) is 12.6 Å². The van der Waals surface area contributed by atoms with E-state index in [2.05, 4.69) is 0 Å². The highest BCUT2D eigenvalue weighted by atomic mass is 16.7. The van der Waals surface area contributed by atoms with Crippen molar-refractivity contribution >= 4 is 12.0 Å². The molecule has 108 valence electrons. The van der Waals surface area contributed by atoms with Crippen molar-refractivity contribution < 1.29 is 19.2 Å². The van der Waals surface area contributed by atoms with Crippen LogP contribution in [0.2, 0.25) is 0 Å². The van der Waals surface area contributed by atoms with Crippen molar-refractivity contribution in [2.45, 2.75) is 19.1 Å². The fourth-order valence-electron chi connectivity index (χ4n) is 1.96. The lowest BCUT2D eigenvalue weighted by Crippen LogP contribution is -2.58. The molecule has 1 aliphatic heterocycles. The molecule has 2 rings (SSSR count). The third-order valence-corrected chi connectivity index (χ3v) is 3.33. The molecule has 20 heavy (non-hydrogen) atoms. The van der Waals surface area contributed by atoms with Gasteiger partial charge < -0.3 is 4.74 Å². The smallest absolute Gasteiger partial charge is 0.410 e. The van der Waals surface area contributed by atoms with Crippen LogP contribution in [0.1, 0.15) is 12.0 Å². The van der Waals surface area contributed by atoms with Crippen molar-refractivity contribution in [1.29, 1.82) is 0 Å². The number of nitrogens with zero attached hydrogens (tertiary/aromatic N) is 2. The van der Waals surface area contributed by atoms with E-state index in [0.29, 0.717) is 13.0 Å². The first-order valence-electron chi connectivity index (χ1n) is 6.42. The maximum absolute atomic E-state index is 11.9. The van der Waals surface area contributed by atoms with Gasteiger partial charge in [-0.2, -0.15) is 0 Å². The zero-order valence-electron chi connectivity index (χ0n) is 11.6. The quantitative estimate of drug-likeness (QED) is 0.781. The van der Waals surface area contributed by atoms with Gasteiger partial charge in [-0.05, 0) is 12.0 Å². The molecule has 1 saturated heterocycles. The second kappa shape index (κ2) is 6.38. The molecule has 1 aromatic carbocycles. The first-order chi connectivity index (χ1) is 9.63. The van der Waals surface area contributed by atoms with Gasteiger partial charge >= 0.3 is 6.09 Å². The molecule has 2 amide bonds. The summed E-state index contributed by atoms with van der Waals surface area (Å²) in [5.74, 6) is -0.240. The fourth-order valence-corrected chi connectivity index (χ4v) is 1.96. The number of ether oxygens (including phenoxy) is 1. The van der Waals surface area contributed by atoms with Crippen LogP contribution in [-0.4, -0.2) is 48.7 Å². The number of hydrogen-bond donors (Lipinski definition) is 0. The van der Waals surface area contributed by atoms with Crippen LogP contribution in [0.15, 0.2) is 30.3 Å². The summed E-state index contributed by atoms with van der Waals surface area (Å²) in [6, 6.07) is 8.94. The van der Waals surface area contributed by atoms with Gasteiger partial charge in [0.25, 0.3) is 5.91 Å². The van der Waals surface area contributed by atoms with Gasteiger partial charge in [0.15, 0.2) is 0 Å². The molecule has 0 aliphatic carbocycles. The zero-order valence-corrected chi connectivity index (χ0v) is 11.6. The standard InChI is InChI=1S/C14H18N2O4/c1-15(19-2)13(17)12-8-9-16(12)14(18)20-10-11-6-4-3-5-7-11/h3-7,12H,8-10H2,1-2H3/t12-/m0/s1. The molecule has 0 aromatic heterocycles. The van der Waals surface area contributed by atoms with Crippen LogP contribution in [0.5, 0.6) is 0 Å². The van der Waals surface area contributed by atoms with E-state index >= 15 is 0 Å². The molecule has 6 heteroatoms. The van der Waals surface area contributed by atoms with Crippen molar-refractivity contribution in [2.75, 3.05) is 20.7 Å². The molecule has 0 N–H and O–H groups in total. The summed E-state index contributed by atoms with van der Waals surface area (Å²) in [7, 11) is 2.93. The van der Waals surface area contributed by atoms with Crippen molar-refractivity contribution in [3.63, 3.8) is 0 Å². The lowest BCUT2D eigenvalue weighted by molar-refractivity contribution is -0.177. The molecule has 0 unspecified atom stereocenters. The molecular weight excluding hydrogens is 260 g/mol. The topological polar surface area (TPSA) is 59.1 Å². The van der Waals surface area contributed by atoms with Crippen LogP contribution in [0.3, 0.4) is 0 Å². The Labute approximate surface area is 117 Å². The van der Waals surface area contributed by atoms with E-state index in [1.807, 2.05) is 30.3 Å². The highest BCUT2D eigenvalue weighted by Gasteiger charge is 2.40. The van der Waals surface area contributed by atoms with Crippen LogP contribution in [0.25, 0.3) is 0 Å². The Kier molecular flexibility index (Phi) is 4.57. The Morgan fingerprint density at radius 2 is 2.05 bits per heavy atom. The van der Waals surface area contributed by atoms with Gasteiger partial charge in [-0.15, -0.1) is 0 Å². The van der Waals surface area contributed by atoms with E-state index in [1.54, 1.807) is 0 Å². The van der Waals surface area contributed by atoms with Crippen molar-refractivity contribution in [1.82, 2.24) is 9.96 Å². The second-order valence-corrected chi connectivity index (χ2v) is 4.56. The highest BCUT2D eigenvalue weighted by Crippen LogP contribution is 2.21. The molecular formula is C14H18N2O4. The Balaban J connectivity index is 1.85. The number of likely N-dealkylation sites (tertiary alicyclic amines) is 1. The summed E-state index contributed by atoms with van der Waals surface area (Å²) in [5.41, 5.74) is 0.915. The fraction of sp³-hybridized carbons (Fsp3) is 0.429. The minimum Gasteiger partial charge on any atom is -0.445 e. The molecule has 0 saturated carbocycles. The van der Waals surface area contributed by atoms with Crippen LogP contribution in [0.4, 0.5) is 4.79 Å². The monoisotopic (exact) mass is 278 g/mol. The molecule has 1 fully saturated rings. The summed E-state index contributed by atoms with van der Waals surface area (Å²) >= 11 is 0. The summed E-state index contributed by atoms with van der Waals surface area (Å²) in [4.78, 5) is 30.1. The van der Waals surface area contributed by atoms with E-state index in [1.165, 1.54) is 19.1 Å². The van der Waals surface area contributed by atoms with Gasteiger partial charge in [-0.1, -0.05) is 30.3 Å². The van der Waals surface area contributed by atoms with Gasteiger partial charge in [0, 0.05) is 13.6 Å². The number of carbonyl (C=O) groups is 2. The van der Waals surface area contributed by atoms with Crippen molar-refractivity contribution in [2.24, 2.45) is 0 Å². The molecule has 0 radical (unpaired) electrons. The van der Waals surface area contributed by atoms with Crippen LogP contribution >= 0.6 is 0 Å². The van der Waals surface area contributed by atoms with E-state index in [4.69, 9.17) is 9.57 Å². The van der Waals surface area contributed by atoms with Crippen LogP contribution in [-0.2, 0) is 21.0 Å². The Morgan fingerprint density at radius 1 is 1.35 bits per heavy atom. The van der Waals surface area contributed by atoms with Gasteiger partial charge in [-0.25, -0.2) is 9.86 Å². The summed E-state index contributed by atoms with van der Waals surface area (Å²) in [6.07, 6.45) is 0.162. The number of rotatable bonds is 4. The van der Waals surface area contributed by atoms with E-state index < -0.39 is 12.1 Å². The predicted octanol–water partition coefficient (Wildman–Crippen LogP) is 1.42. The molecule has 1 aliphatic rings. The zero-order chi connectivity index (χ0) is 14.5. The number of benzene rings is 1. The van der Waals surface area contributed by atoms with E-state index in [9.17, 15) is 9.59 Å². The normalized spacial score (nSPS) is 17.3. The third kappa shape index (κ3) is 3.08. The molecule has 0 bridgehead atoms. The summed E-state index contributed by atoms with van der Waals surface area (Å²) in [6.45, 7) is 0.735. The van der Waals surface area contributed by atoms with E-state index in [0.717, 1.165) is 10.6 Å². The number of carbonyl (C=O) groups excluding carboxylic acids is 2. The SMILES string of the molecule is CON(C)C(=O)[C@@H]1CCN1C(=O)OCc1ccccc1. The second-order valence-electron chi connectivity index (χ2n) is 4.56. The molecule has 0 spiro atoms. The van der Waals surface area contributed by atoms with Crippen LogP contribution in [0, 0.1) is 0 Å². The predicted molar refractivity (Wildman–Crippen MR) is 71.5 cm³/mol. The molecule has 1 atom stereocenters. The highest BCUT2D eigenvalue weighted by molar-refractivity contribution is 5.86. The average Bonchev–Trinajstić information content (AvgIpc) is 2.44. The number of amides is 2. The number of hydrogen-bond acceptors (Lipinski definition) is 4. The Hall–Kier alpha value is -2.08. The van der Waals surface area contributed by atoms with Gasteiger partial charge in [0.05, 0.1) is 7.11 Å². The summed E-state index contributed by atoms with van der Waals surface area (Å²) in [5, 5.41) is 1.13. The largest absolute Gasteiger partial charge is 0.445 e. The first-order valence-corrected chi connectivity index (χ1v) is 6.42. The van der Waals surface area contributed by atoms with Gasteiger partial charge in [0.2, 0.25) is 0 Å². The first kappa shape index (κ1) is 14.3. The maximum Gasteiger partial charge on any atom is 0.410 e. The van der Waals surface area contributed by atoms with Crippen LogP contribution < -0.4 is 0 Å². The number of likely N-dealkylation sites (N-methyl/N-ethyl adjacent to an activating group) is 1. The maximum atomic E-state index is 11.9. The van der Waals surface area contributed by atoms with E-state index in [-0.39, 0.29) is 12.5 Å². The number of hydroxylamine groups is 2. The average molecular weight is 278 g/mol. The summed E-state index contributed by atoms with van der Waals surface area (Å²) < 4.78 is 5.20. The minimum atomic E-state index is -0.483.